The van der Waals surface area contributed by atoms with E-state index in [-0.39, 0.29) is 24.0 Å². The Morgan fingerprint density at radius 2 is 2.06 bits per heavy atom. The second-order valence-corrected chi connectivity index (χ2v) is 6.59. The van der Waals surface area contributed by atoms with Gasteiger partial charge in [0.15, 0.2) is 0 Å². The zero-order chi connectivity index (χ0) is 12.9. The van der Waals surface area contributed by atoms with E-state index < -0.39 is 0 Å². The van der Waals surface area contributed by atoms with Crippen LogP contribution in [-0.4, -0.2) is 59.7 Å². The van der Waals surface area contributed by atoms with E-state index in [0.717, 1.165) is 24.6 Å². The van der Waals surface area contributed by atoms with Crippen molar-refractivity contribution < 1.29 is 9.90 Å². The molecule has 0 radical (unpaired) electrons. The van der Waals surface area contributed by atoms with Crippen molar-refractivity contribution in [1.82, 2.24) is 10.2 Å². The molecule has 0 aromatic heterocycles. The number of carbonyl (C=O) groups is 1. The molecule has 1 rings (SSSR count). The van der Waals surface area contributed by atoms with Crippen LogP contribution in [0.2, 0.25) is 0 Å². The van der Waals surface area contributed by atoms with Gasteiger partial charge in [0, 0.05) is 43.2 Å². The van der Waals surface area contributed by atoms with Gasteiger partial charge in [-0.3, -0.25) is 4.79 Å². The Balaban J connectivity index is 2.36. The Hall–Kier alpha value is -0.260. The van der Waals surface area contributed by atoms with Crippen LogP contribution in [-0.2, 0) is 4.79 Å². The second-order valence-electron chi connectivity index (χ2n) is 5.36. The Kier molecular flexibility index (Phi) is 5.76. The third-order valence-electron chi connectivity index (χ3n) is 3.01. The van der Waals surface area contributed by atoms with Crippen LogP contribution in [0.15, 0.2) is 0 Å². The van der Waals surface area contributed by atoms with Crippen molar-refractivity contribution in [3.63, 3.8) is 0 Å². The van der Waals surface area contributed by atoms with Crippen molar-refractivity contribution in [3.8, 4) is 0 Å². The zero-order valence-electron chi connectivity index (χ0n) is 11.0. The first-order valence-corrected chi connectivity index (χ1v) is 7.32. The molecule has 0 saturated carbocycles. The van der Waals surface area contributed by atoms with Crippen molar-refractivity contribution in [3.05, 3.63) is 0 Å². The van der Waals surface area contributed by atoms with Crippen LogP contribution >= 0.6 is 11.8 Å². The Labute approximate surface area is 108 Å². The van der Waals surface area contributed by atoms with Gasteiger partial charge in [-0.1, -0.05) is 13.8 Å². The molecule has 2 N–H and O–H groups in total. The first kappa shape index (κ1) is 14.8. The second kappa shape index (κ2) is 6.61. The molecule has 1 heterocycles. The average Bonchev–Trinajstić information content (AvgIpc) is 2.36. The highest BCUT2D eigenvalue weighted by molar-refractivity contribution is 7.99. The topological polar surface area (TPSA) is 52.6 Å². The standard InChI is InChI=1S/C12H24N2O2S/c1-10(13-8-12(2,3)9-15)11(16)14-4-6-17-7-5-14/h10,13,15H,4-9H2,1-3H3/t10-/m0/s1. The number of aliphatic hydroxyl groups excluding tert-OH is 1. The van der Waals surface area contributed by atoms with Gasteiger partial charge < -0.3 is 15.3 Å². The van der Waals surface area contributed by atoms with Crippen LogP contribution in [0.3, 0.4) is 0 Å². The van der Waals surface area contributed by atoms with E-state index in [0.29, 0.717) is 6.54 Å². The monoisotopic (exact) mass is 260 g/mol. The molecule has 5 heteroatoms. The summed E-state index contributed by atoms with van der Waals surface area (Å²) in [6.07, 6.45) is 0. The summed E-state index contributed by atoms with van der Waals surface area (Å²) in [4.78, 5) is 14.0. The van der Waals surface area contributed by atoms with E-state index in [1.165, 1.54) is 0 Å². The summed E-state index contributed by atoms with van der Waals surface area (Å²) in [5.41, 5.74) is -0.174. The van der Waals surface area contributed by atoms with Crippen molar-refractivity contribution in [2.24, 2.45) is 5.41 Å². The molecule has 4 nitrogen and oxygen atoms in total. The van der Waals surface area contributed by atoms with E-state index in [4.69, 9.17) is 5.11 Å². The molecular weight excluding hydrogens is 236 g/mol. The lowest BCUT2D eigenvalue weighted by Gasteiger charge is -2.31. The Morgan fingerprint density at radius 3 is 2.59 bits per heavy atom. The number of nitrogens with one attached hydrogen (secondary N) is 1. The predicted octanol–water partition coefficient (Wildman–Crippen LogP) is 0.558. The summed E-state index contributed by atoms with van der Waals surface area (Å²) >= 11 is 1.90. The van der Waals surface area contributed by atoms with Gasteiger partial charge in [0.05, 0.1) is 6.04 Å². The lowest BCUT2D eigenvalue weighted by molar-refractivity contribution is -0.132. The fourth-order valence-electron chi connectivity index (χ4n) is 1.63. The number of rotatable bonds is 5. The molecule has 17 heavy (non-hydrogen) atoms. The van der Waals surface area contributed by atoms with Gasteiger partial charge in [-0.25, -0.2) is 0 Å². The van der Waals surface area contributed by atoms with Crippen LogP contribution in [0, 0.1) is 5.41 Å². The van der Waals surface area contributed by atoms with Gasteiger partial charge in [0.1, 0.15) is 0 Å². The minimum absolute atomic E-state index is 0.126. The quantitative estimate of drug-likeness (QED) is 0.758. The summed E-state index contributed by atoms with van der Waals surface area (Å²) < 4.78 is 0. The van der Waals surface area contributed by atoms with Gasteiger partial charge in [-0.15, -0.1) is 0 Å². The summed E-state index contributed by atoms with van der Waals surface area (Å²) in [5.74, 6) is 2.26. The van der Waals surface area contributed by atoms with Gasteiger partial charge in [0.25, 0.3) is 0 Å². The lowest BCUT2D eigenvalue weighted by Crippen LogP contribution is -2.49. The fraction of sp³-hybridized carbons (Fsp3) is 0.917. The zero-order valence-corrected chi connectivity index (χ0v) is 11.8. The van der Waals surface area contributed by atoms with E-state index in [2.05, 4.69) is 5.32 Å². The van der Waals surface area contributed by atoms with Crippen molar-refractivity contribution in [2.75, 3.05) is 37.7 Å². The number of aliphatic hydroxyl groups is 1. The van der Waals surface area contributed by atoms with Crippen LogP contribution < -0.4 is 5.32 Å². The fourth-order valence-corrected chi connectivity index (χ4v) is 2.53. The molecule has 0 spiro atoms. The molecule has 0 unspecified atom stereocenters. The van der Waals surface area contributed by atoms with Crippen LogP contribution in [0.25, 0.3) is 0 Å². The van der Waals surface area contributed by atoms with Gasteiger partial charge in [-0.05, 0) is 6.92 Å². The molecule has 0 aromatic rings. The molecule has 1 aliphatic rings. The predicted molar refractivity (Wildman–Crippen MR) is 72.2 cm³/mol. The highest BCUT2D eigenvalue weighted by Crippen LogP contribution is 2.13. The van der Waals surface area contributed by atoms with Crippen molar-refractivity contribution >= 4 is 17.7 Å². The van der Waals surface area contributed by atoms with Crippen molar-refractivity contribution in [1.29, 1.82) is 0 Å². The lowest BCUT2D eigenvalue weighted by atomic mass is 9.94. The molecule has 1 atom stereocenters. The number of hydrogen-bond donors (Lipinski definition) is 2. The minimum Gasteiger partial charge on any atom is -0.396 e. The number of thioether (sulfide) groups is 1. The Morgan fingerprint density at radius 1 is 1.47 bits per heavy atom. The number of hydrogen-bond acceptors (Lipinski definition) is 4. The maximum absolute atomic E-state index is 12.1. The normalized spacial score (nSPS) is 19.2. The summed E-state index contributed by atoms with van der Waals surface area (Å²) in [6, 6.07) is -0.163. The number of nitrogens with zero attached hydrogens (tertiary/aromatic N) is 1. The molecular formula is C12H24N2O2S. The van der Waals surface area contributed by atoms with Gasteiger partial charge in [-0.2, -0.15) is 11.8 Å². The minimum atomic E-state index is -0.174. The smallest absolute Gasteiger partial charge is 0.239 e. The average molecular weight is 260 g/mol. The summed E-state index contributed by atoms with van der Waals surface area (Å²) in [5, 5.41) is 12.4. The van der Waals surface area contributed by atoms with E-state index in [1.807, 2.05) is 37.4 Å². The summed E-state index contributed by atoms with van der Waals surface area (Å²) in [6.45, 7) is 8.36. The first-order valence-electron chi connectivity index (χ1n) is 6.17. The molecule has 1 saturated heterocycles. The van der Waals surface area contributed by atoms with E-state index in [1.54, 1.807) is 0 Å². The van der Waals surface area contributed by atoms with Crippen LogP contribution in [0.5, 0.6) is 0 Å². The third-order valence-corrected chi connectivity index (χ3v) is 3.95. The van der Waals surface area contributed by atoms with E-state index >= 15 is 0 Å². The number of amides is 1. The summed E-state index contributed by atoms with van der Waals surface area (Å²) in [7, 11) is 0. The first-order chi connectivity index (χ1) is 7.96. The van der Waals surface area contributed by atoms with Gasteiger partial charge >= 0.3 is 0 Å². The van der Waals surface area contributed by atoms with E-state index in [9.17, 15) is 4.79 Å². The maximum atomic E-state index is 12.1. The molecule has 0 aromatic carbocycles. The SMILES string of the molecule is C[C@H](NCC(C)(C)CO)C(=O)N1CCSCC1. The third kappa shape index (κ3) is 4.85. The largest absolute Gasteiger partial charge is 0.396 e. The highest BCUT2D eigenvalue weighted by Gasteiger charge is 2.24. The molecule has 0 aliphatic carbocycles. The molecule has 1 fully saturated rings. The molecule has 1 amide bonds. The maximum Gasteiger partial charge on any atom is 0.239 e. The Bertz CT molecular complexity index is 253. The van der Waals surface area contributed by atoms with Crippen LogP contribution in [0.4, 0.5) is 0 Å². The van der Waals surface area contributed by atoms with Crippen LogP contribution in [0.1, 0.15) is 20.8 Å². The number of carbonyl (C=O) groups excluding carboxylic acids is 1. The van der Waals surface area contributed by atoms with Gasteiger partial charge in [0.2, 0.25) is 5.91 Å². The molecule has 1 aliphatic heterocycles. The highest BCUT2D eigenvalue weighted by atomic mass is 32.2. The molecule has 100 valence electrons. The van der Waals surface area contributed by atoms with Crippen molar-refractivity contribution in [2.45, 2.75) is 26.8 Å². The molecule has 0 bridgehead atoms.